The number of sulfone groups is 4. The number of fused-ring (bicyclic) bond motifs is 4. The lowest BCUT2D eigenvalue weighted by molar-refractivity contribution is -0.275. The van der Waals surface area contributed by atoms with Gasteiger partial charge in [-0.2, -0.15) is 13.2 Å². The van der Waals surface area contributed by atoms with Crippen molar-refractivity contribution in [1.82, 2.24) is 19.7 Å². The molecule has 16 rings (SSSR count). The van der Waals surface area contributed by atoms with Crippen molar-refractivity contribution in [3.8, 4) is 23.0 Å². The molecule has 0 bridgehead atoms. The molecule has 4 unspecified atom stereocenters. The number of nitrogens with two attached hydrogens (primary N) is 1. The SMILES string of the molecule is CCN(CC)CC.CS(=O)(=O)NC1CCc2cc(Cc3ccc(OC(F)(F)F)cc3S(=O)(=O)c3ccccc3F)ccc21.CS(=O)(=O)NC1CCc2cc(Cc3ccc(OC(F)(F)F)cc3S(=O)(=O)c3ccccc3F)ccc21.F.NC1CCc2cc(Cc3ccc(OC(F)(F)F)cc3S(=O)(=O)c3ccccc3F)ccc21.O=C(NC1CCc2cc(Cc3ccc(OC(F)(F)F)cc3S(=O)(=O)c3ccccc3F)ccc21)C(F)(F)F.[2HH]. The van der Waals surface area contributed by atoms with Crippen LogP contribution in [0.3, 0.4) is 0 Å². The van der Waals surface area contributed by atoms with Gasteiger partial charge in [0.1, 0.15) is 65.8 Å². The summed E-state index contributed by atoms with van der Waals surface area (Å²) in [6.45, 7) is 10.1. The molecule has 5 N–H and O–H groups in total. The molecule has 0 saturated carbocycles. The Kier molecular flexibility index (Phi) is 37.3. The van der Waals surface area contributed by atoms with Crippen LogP contribution in [0, 0.1) is 23.3 Å². The molecule has 12 aromatic rings. The normalized spacial score (nSPS) is 15.6. The zero-order valence-electron chi connectivity index (χ0n) is 79.5. The Hall–Kier alpha value is -12.6. The van der Waals surface area contributed by atoms with Gasteiger partial charge in [0, 0.05) is 19.6 Å². The molecule has 0 fully saturated rings. The summed E-state index contributed by atoms with van der Waals surface area (Å²) in [5.41, 5.74) is 15.8. The average Bonchev–Trinajstić information content (AvgIpc) is 1.76. The Balaban J connectivity index is 0.000000200. The van der Waals surface area contributed by atoms with E-state index in [1.807, 2.05) is 23.5 Å². The number of nitrogens with one attached hydrogen (secondary N) is 3. The summed E-state index contributed by atoms with van der Waals surface area (Å²) >= 11 is 0. The molecule has 4 atom stereocenters. The van der Waals surface area contributed by atoms with E-state index in [-0.39, 0.29) is 78.6 Å². The largest absolute Gasteiger partial charge is 0.573 e. The van der Waals surface area contributed by atoms with Crippen LogP contribution in [0.15, 0.2) is 282 Å². The molecular formula is C102H97F20N5O17S6. The molecule has 4 aliphatic rings. The lowest BCUT2D eigenvalue weighted by Crippen LogP contribution is -2.38. The monoisotopic (exact) mass is 2240 g/mol. The number of alkyl halides is 15. The van der Waals surface area contributed by atoms with Crippen molar-refractivity contribution in [3.05, 3.63) is 355 Å². The summed E-state index contributed by atoms with van der Waals surface area (Å²) in [4.78, 5) is 8.96. The molecule has 4 aliphatic carbocycles. The highest BCUT2D eigenvalue weighted by molar-refractivity contribution is 7.92. The molecule has 0 aromatic heterocycles. The second-order valence-corrected chi connectivity index (χ2v) is 45.7. The van der Waals surface area contributed by atoms with Crippen LogP contribution >= 0.6 is 0 Å². The Bertz CT molecular complexity index is 7470. The smallest absolute Gasteiger partial charge is 0.406 e. The summed E-state index contributed by atoms with van der Waals surface area (Å²) in [5.74, 6) is -9.22. The third kappa shape index (κ3) is 30.9. The first kappa shape index (κ1) is 118. The number of hydrogen-bond donors (Lipinski definition) is 4. The van der Waals surface area contributed by atoms with Crippen molar-refractivity contribution in [2.45, 2.75) is 193 Å². The van der Waals surface area contributed by atoms with Gasteiger partial charge in [0.25, 0.3) is 0 Å². The van der Waals surface area contributed by atoms with Gasteiger partial charge in [0.05, 0.1) is 38.1 Å². The third-order valence-corrected chi connectivity index (χ3v) is 33.0. The minimum Gasteiger partial charge on any atom is -0.406 e. The highest BCUT2D eigenvalue weighted by Gasteiger charge is 2.43. The second kappa shape index (κ2) is 47.6. The summed E-state index contributed by atoms with van der Waals surface area (Å²) in [6, 6.07) is 49.1. The molecule has 1 amide bonds. The van der Waals surface area contributed by atoms with E-state index in [0.717, 1.165) is 161 Å². The molecule has 150 heavy (non-hydrogen) atoms. The van der Waals surface area contributed by atoms with Crippen LogP contribution in [-0.4, -0.2) is 125 Å². The number of ether oxygens (including phenoxy) is 4. The number of sulfonamides is 2. The summed E-state index contributed by atoms with van der Waals surface area (Å²) in [6.07, 6.45) is -18.6. The first-order chi connectivity index (χ1) is 69.5. The van der Waals surface area contributed by atoms with Crippen LogP contribution in [0.1, 0.15) is 161 Å². The zero-order chi connectivity index (χ0) is 109. The molecule has 0 radical (unpaired) electrons. The van der Waals surface area contributed by atoms with Crippen LogP contribution in [0.25, 0.3) is 0 Å². The number of benzene rings is 12. The molecule has 12 aromatic carbocycles. The molecule has 22 nitrogen and oxygen atoms in total. The predicted octanol–water partition coefficient (Wildman–Crippen LogP) is 22.0. The van der Waals surface area contributed by atoms with Crippen LogP contribution in [-0.2, 0) is 116 Å². The predicted molar refractivity (Wildman–Crippen MR) is 514 cm³/mol. The Morgan fingerprint density at radius 2 is 0.560 bits per heavy atom. The van der Waals surface area contributed by atoms with E-state index in [9.17, 15) is 139 Å². The van der Waals surface area contributed by atoms with Gasteiger partial charge in [-0.25, -0.2) is 77.5 Å². The van der Waals surface area contributed by atoms with E-state index in [0.29, 0.717) is 66.0 Å². The number of rotatable bonds is 28. The van der Waals surface area contributed by atoms with E-state index in [1.165, 1.54) is 98.5 Å². The number of aryl methyl sites for hydroxylation is 4. The first-order valence-electron chi connectivity index (χ1n) is 45.3. The molecule has 48 heteroatoms. The highest BCUT2D eigenvalue weighted by Crippen LogP contribution is 2.44. The number of carbonyl (C=O) groups excluding carboxylic acids is 1. The summed E-state index contributed by atoms with van der Waals surface area (Å²) in [5, 5.41) is 1.94. The van der Waals surface area contributed by atoms with Gasteiger partial charge in [-0.3, -0.25) is 9.50 Å². The van der Waals surface area contributed by atoms with E-state index >= 15 is 0 Å². The topological polar surface area (TPSA) is 324 Å². The van der Waals surface area contributed by atoms with Gasteiger partial charge in [-0.15, -0.1) is 52.7 Å². The first-order valence-corrected chi connectivity index (χ1v) is 55.0. The fraction of sp³-hybridized carbons (Fsp3) is 0.284. The second-order valence-electron chi connectivity index (χ2n) is 34.6. The van der Waals surface area contributed by atoms with Gasteiger partial charge in [-0.05, 0) is 283 Å². The standard InChI is InChI=1S/C25H18F7NO4S.2C24H21F4NO5S2.C23H19F4NO3S.C6H15N.FH.H2/c26-19-3-1-2-4-21(19)38(35,36)22-13-17(37-25(30,31)32)8-6-16(22)12-14-5-9-18-15(11-14)7-10-20(18)33-23(34)24(27,28)29;2*1-35(30,31)29-21-11-8-16-12-15(6-10-19(16)21)13-17-7-9-18(34-24(26,27)28)14-23(17)36(32,33)22-5-3-2-4-20(22)25;24-19-3-1-2-4-21(19)32(29,30)22-13-17(31-23(25,26)27)8-6-16(22)12-14-5-9-18-15(11-14)7-10-20(18)28;1-4-7(5-2)6-3;;/h1-6,8-9,11,13,20H,7,10,12H2,(H,33,34);2*2-7,9-10,12,14,21,29H,8,11,13H2,1H3;1-6,8-9,11,13,20H,7,10,12,28H2;4-6H2,1-3H3;2*1H/i;;;;;;1+1. The van der Waals surface area contributed by atoms with Crippen molar-refractivity contribution in [3.63, 3.8) is 0 Å². The molecule has 0 spiro atoms. The van der Waals surface area contributed by atoms with Crippen LogP contribution in [0.2, 0.25) is 0 Å². The van der Waals surface area contributed by atoms with Gasteiger partial charge in [0.2, 0.25) is 59.4 Å². The van der Waals surface area contributed by atoms with Crippen LogP contribution in [0.5, 0.6) is 23.0 Å². The minimum atomic E-state index is -5.10. The lowest BCUT2D eigenvalue weighted by atomic mass is 9.99. The number of halogens is 20. The van der Waals surface area contributed by atoms with Crippen molar-refractivity contribution >= 4 is 65.3 Å². The van der Waals surface area contributed by atoms with Crippen molar-refractivity contribution < 1.29 is 164 Å². The molecule has 0 heterocycles. The fourth-order valence-corrected chi connectivity index (χ4v) is 25.3. The Morgan fingerprint density at radius 1 is 0.327 bits per heavy atom. The maximum Gasteiger partial charge on any atom is 0.573 e. The van der Waals surface area contributed by atoms with E-state index < -0.39 is 188 Å². The quantitative estimate of drug-likeness (QED) is 0.0331. The van der Waals surface area contributed by atoms with E-state index in [4.69, 9.17) is 5.73 Å². The van der Waals surface area contributed by atoms with Crippen molar-refractivity contribution in [1.29, 1.82) is 0 Å². The van der Waals surface area contributed by atoms with Crippen molar-refractivity contribution in [2.24, 2.45) is 5.73 Å². The molecule has 0 saturated heterocycles. The highest BCUT2D eigenvalue weighted by atomic mass is 32.2. The Morgan fingerprint density at radius 3 is 0.793 bits per heavy atom. The van der Waals surface area contributed by atoms with E-state index in [2.05, 4.69) is 54.1 Å². The van der Waals surface area contributed by atoms with Gasteiger partial charge in [-0.1, -0.05) is 166 Å². The fourth-order valence-electron chi connectivity index (χ4n) is 17.5. The van der Waals surface area contributed by atoms with Gasteiger partial charge in [0.15, 0.2) is 0 Å². The van der Waals surface area contributed by atoms with Crippen molar-refractivity contribution in [2.75, 3.05) is 32.1 Å². The summed E-state index contributed by atoms with van der Waals surface area (Å²) < 4.78 is 422. The lowest BCUT2D eigenvalue weighted by Gasteiger charge is -2.17. The molecule has 808 valence electrons. The zero-order valence-corrected chi connectivity index (χ0v) is 84.4. The van der Waals surface area contributed by atoms with Crippen LogP contribution < -0.4 is 39.4 Å². The maximum atomic E-state index is 14.4. The van der Waals surface area contributed by atoms with E-state index in [1.54, 1.807) is 42.5 Å². The maximum absolute atomic E-state index is 14.4. The molecular weight excluding hydrogens is 2140 g/mol. The Labute approximate surface area is 852 Å². The average molecular weight is 2240 g/mol. The van der Waals surface area contributed by atoms with Gasteiger partial charge >= 0.3 is 37.5 Å². The number of nitrogens with zero attached hydrogens (tertiary/aromatic N) is 1. The van der Waals surface area contributed by atoms with Gasteiger partial charge < -0.3 is 34.9 Å². The minimum absolute atomic E-state index is 0. The van der Waals surface area contributed by atoms with Crippen LogP contribution in [0.4, 0.5) is 88.1 Å². The third-order valence-electron chi connectivity index (χ3n) is 24.1. The molecule has 0 aliphatic heterocycles. The number of hydrogen-bond acceptors (Lipinski definition) is 19. The number of carbonyl (C=O) groups is 1. The summed E-state index contributed by atoms with van der Waals surface area (Å²) in [7, 11) is -25.0. The number of amides is 1.